The van der Waals surface area contributed by atoms with Crippen molar-refractivity contribution < 1.29 is 23.5 Å². The Balaban J connectivity index is 1.26. The van der Waals surface area contributed by atoms with Crippen LogP contribution < -0.4 is 21.1 Å². The number of nitrogens with two attached hydrogens (primary N) is 1. The molecule has 1 aromatic heterocycles. The fourth-order valence-electron chi connectivity index (χ4n) is 3.43. The third kappa shape index (κ3) is 5.36. The van der Waals surface area contributed by atoms with Crippen LogP contribution in [-0.2, 0) is 11.3 Å². The molecule has 0 aliphatic rings. The molecule has 0 bridgehead atoms. The van der Waals surface area contributed by atoms with Crippen LogP contribution in [0.4, 0.5) is 11.4 Å². The second-order valence-electron chi connectivity index (χ2n) is 7.55. The van der Waals surface area contributed by atoms with Crippen molar-refractivity contribution in [3.05, 3.63) is 89.7 Å². The molecule has 4 N–H and O–H groups in total. The van der Waals surface area contributed by atoms with Gasteiger partial charge in [0.2, 0.25) is 0 Å². The molecule has 1 heterocycles. The van der Waals surface area contributed by atoms with E-state index in [1.807, 2.05) is 18.2 Å². The summed E-state index contributed by atoms with van der Waals surface area (Å²) in [6.07, 6.45) is 0. The molecular formula is C26H25N3O5. The SMILES string of the molecule is COCc1cccc2cc(C(=O)NCCOc3ccc(C(=O)Nc4ccccc4N)cc3)oc12. The van der Waals surface area contributed by atoms with E-state index in [2.05, 4.69) is 10.6 Å². The highest BCUT2D eigenvalue weighted by molar-refractivity contribution is 6.05. The van der Waals surface area contributed by atoms with Crippen LogP contribution in [0.2, 0.25) is 0 Å². The Kier molecular flexibility index (Phi) is 7.10. The van der Waals surface area contributed by atoms with Crippen LogP contribution in [0.5, 0.6) is 5.75 Å². The van der Waals surface area contributed by atoms with Gasteiger partial charge in [-0.2, -0.15) is 0 Å². The van der Waals surface area contributed by atoms with E-state index in [-0.39, 0.29) is 30.7 Å². The molecule has 34 heavy (non-hydrogen) atoms. The molecule has 0 aliphatic heterocycles. The van der Waals surface area contributed by atoms with E-state index < -0.39 is 0 Å². The van der Waals surface area contributed by atoms with Gasteiger partial charge < -0.3 is 30.3 Å². The minimum absolute atomic E-state index is 0.230. The lowest BCUT2D eigenvalue weighted by molar-refractivity contribution is 0.0920. The van der Waals surface area contributed by atoms with Gasteiger partial charge in [-0.1, -0.05) is 30.3 Å². The van der Waals surface area contributed by atoms with E-state index in [1.54, 1.807) is 61.7 Å². The minimum Gasteiger partial charge on any atom is -0.492 e. The van der Waals surface area contributed by atoms with Crippen LogP contribution in [-0.4, -0.2) is 32.1 Å². The number of fused-ring (bicyclic) bond motifs is 1. The number of anilines is 2. The fourth-order valence-corrected chi connectivity index (χ4v) is 3.43. The van der Waals surface area contributed by atoms with E-state index in [9.17, 15) is 9.59 Å². The number of nitrogens with one attached hydrogen (secondary N) is 2. The van der Waals surface area contributed by atoms with Crippen molar-refractivity contribution in [2.24, 2.45) is 0 Å². The molecule has 8 nitrogen and oxygen atoms in total. The normalized spacial score (nSPS) is 10.7. The van der Waals surface area contributed by atoms with Crippen molar-refractivity contribution in [2.75, 3.05) is 31.3 Å². The lowest BCUT2D eigenvalue weighted by Crippen LogP contribution is -2.27. The van der Waals surface area contributed by atoms with Gasteiger partial charge >= 0.3 is 0 Å². The molecule has 0 fully saturated rings. The number of carbonyl (C=O) groups excluding carboxylic acids is 2. The maximum Gasteiger partial charge on any atom is 0.287 e. The zero-order chi connectivity index (χ0) is 23.9. The van der Waals surface area contributed by atoms with Crippen molar-refractivity contribution >= 4 is 34.2 Å². The zero-order valence-corrected chi connectivity index (χ0v) is 18.7. The number of carbonyl (C=O) groups is 2. The molecule has 0 aliphatic carbocycles. The average molecular weight is 460 g/mol. The van der Waals surface area contributed by atoms with Gasteiger partial charge in [0.15, 0.2) is 5.76 Å². The van der Waals surface area contributed by atoms with Crippen molar-refractivity contribution in [1.82, 2.24) is 5.32 Å². The number of hydrogen-bond donors (Lipinski definition) is 3. The Labute approximate surface area is 196 Å². The first kappa shape index (κ1) is 22.9. The maximum atomic E-state index is 12.4. The standard InChI is InChI=1S/C26H25N3O5/c1-32-16-19-6-4-5-18-15-23(34-24(18)19)26(31)28-13-14-33-20-11-9-17(10-12-20)25(30)29-22-8-3-2-7-21(22)27/h2-12,15H,13-14,16,27H2,1H3,(H,28,31)(H,29,30). The third-order valence-electron chi connectivity index (χ3n) is 5.13. The molecule has 174 valence electrons. The van der Waals surface area contributed by atoms with Crippen LogP contribution in [0, 0.1) is 0 Å². The second-order valence-corrected chi connectivity index (χ2v) is 7.55. The minimum atomic E-state index is -0.324. The number of para-hydroxylation sites is 3. The zero-order valence-electron chi connectivity index (χ0n) is 18.7. The molecule has 3 aromatic carbocycles. The summed E-state index contributed by atoms with van der Waals surface area (Å²) in [4.78, 5) is 24.8. The molecule has 0 radical (unpaired) electrons. The Morgan fingerprint density at radius 2 is 1.76 bits per heavy atom. The summed E-state index contributed by atoms with van der Waals surface area (Å²) in [5.41, 5.74) is 8.91. The van der Waals surface area contributed by atoms with Gasteiger partial charge in [0.1, 0.15) is 17.9 Å². The predicted octanol–water partition coefficient (Wildman–Crippen LogP) is 4.22. The summed E-state index contributed by atoms with van der Waals surface area (Å²) >= 11 is 0. The third-order valence-corrected chi connectivity index (χ3v) is 5.13. The van der Waals surface area contributed by atoms with E-state index in [1.165, 1.54) is 0 Å². The monoisotopic (exact) mass is 459 g/mol. The van der Waals surface area contributed by atoms with E-state index >= 15 is 0 Å². The molecule has 4 aromatic rings. The van der Waals surface area contributed by atoms with Crippen LogP contribution in [0.25, 0.3) is 11.0 Å². The fraction of sp³-hybridized carbons (Fsp3) is 0.154. The van der Waals surface area contributed by atoms with E-state index in [4.69, 9.17) is 19.6 Å². The molecule has 0 saturated heterocycles. The highest BCUT2D eigenvalue weighted by Gasteiger charge is 2.14. The van der Waals surface area contributed by atoms with Gasteiger partial charge in [-0.15, -0.1) is 0 Å². The van der Waals surface area contributed by atoms with Gasteiger partial charge in [0.25, 0.3) is 11.8 Å². The number of rotatable bonds is 9. The first-order chi connectivity index (χ1) is 16.5. The van der Waals surface area contributed by atoms with Crippen LogP contribution >= 0.6 is 0 Å². The van der Waals surface area contributed by atoms with Gasteiger partial charge in [0.05, 0.1) is 24.5 Å². The largest absolute Gasteiger partial charge is 0.492 e. The van der Waals surface area contributed by atoms with Gasteiger partial charge in [-0.25, -0.2) is 0 Å². The van der Waals surface area contributed by atoms with E-state index in [0.717, 1.165) is 10.9 Å². The van der Waals surface area contributed by atoms with Crippen LogP contribution in [0.15, 0.2) is 77.2 Å². The number of furan rings is 1. The Hall–Kier alpha value is -4.30. The highest BCUT2D eigenvalue weighted by atomic mass is 16.5. The van der Waals surface area contributed by atoms with E-state index in [0.29, 0.717) is 34.9 Å². The predicted molar refractivity (Wildman–Crippen MR) is 130 cm³/mol. The van der Waals surface area contributed by atoms with Crippen LogP contribution in [0.1, 0.15) is 26.5 Å². The molecule has 0 spiro atoms. The van der Waals surface area contributed by atoms with Crippen molar-refractivity contribution in [2.45, 2.75) is 6.61 Å². The molecule has 0 saturated carbocycles. The number of nitrogen functional groups attached to an aromatic ring is 1. The summed E-state index contributed by atoms with van der Waals surface area (Å²) in [6, 6.07) is 21.2. The lowest BCUT2D eigenvalue weighted by atomic mass is 10.1. The Morgan fingerprint density at radius 3 is 2.53 bits per heavy atom. The first-order valence-corrected chi connectivity index (χ1v) is 10.7. The van der Waals surface area contributed by atoms with Gasteiger partial charge in [-0.05, 0) is 42.5 Å². The number of ether oxygens (including phenoxy) is 2. The topological polar surface area (TPSA) is 116 Å². The molecule has 4 rings (SSSR count). The summed E-state index contributed by atoms with van der Waals surface area (Å²) in [6.45, 7) is 0.948. The Morgan fingerprint density at radius 1 is 0.971 bits per heavy atom. The molecule has 2 amide bonds. The van der Waals surface area contributed by atoms with Crippen LogP contribution in [0.3, 0.4) is 0 Å². The van der Waals surface area contributed by atoms with Crippen molar-refractivity contribution in [3.63, 3.8) is 0 Å². The smallest absolute Gasteiger partial charge is 0.287 e. The average Bonchev–Trinajstić information content (AvgIpc) is 3.29. The number of benzene rings is 3. The highest BCUT2D eigenvalue weighted by Crippen LogP contribution is 2.24. The quantitative estimate of drug-likeness (QED) is 0.255. The number of hydrogen-bond acceptors (Lipinski definition) is 6. The Bertz CT molecular complexity index is 1300. The summed E-state index contributed by atoms with van der Waals surface area (Å²) in [5, 5.41) is 6.40. The second kappa shape index (κ2) is 10.5. The van der Waals surface area contributed by atoms with Crippen molar-refractivity contribution in [1.29, 1.82) is 0 Å². The van der Waals surface area contributed by atoms with Crippen molar-refractivity contribution in [3.8, 4) is 5.75 Å². The number of methoxy groups -OCH3 is 1. The summed E-state index contributed by atoms with van der Waals surface area (Å²) in [5.74, 6) is 0.220. The van der Waals surface area contributed by atoms with Gasteiger partial charge in [-0.3, -0.25) is 9.59 Å². The van der Waals surface area contributed by atoms with Gasteiger partial charge in [0, 0.05) is 23.6 Å². The summed E-state index contributed by atoms with van der Waals surface area (Å²) < 4.78 is 16.6. The molecule has 8 heteroatoms. The molecule has 0 unspecified atom stereocenters. The lowest BCUT2D eigenvalue weighted by Gasteiger charge is -2.09. The number of amides is 2. The summed E-state index contributed by atoms with van der Waals surface area (Å²) in [7, 11) is 1.61. The maximum absolute atomic E-state index is 12.4. The molecular weight excluding hydrogens is 434 g/mol. The first-order valence-electron chi connectivity index (χ1n) is 10.7. The molecule has 0 atom stereocenters.